The van der Waals surface area contributed by atoms with Gasteiger partial charge >= 0.3 is 0 Å². The third-order valence-corrected chi connectivity index (χ3v) is 4.30. The third kappa shape index (κ3) is 1.05. The van der Waals surface area contributed by atoms with Crippen molar-refractivity contribution in [2.75, 3.05) is 0 Å². The predicted molar refractivity (Wildman–Crippen MR) is 77.6 cm³/mol. The van der Waals surface area contributed by atoms with Crippen molar-refractivity contribution in [1.29, 1.82) is 0 Å². The maximum absolute atomic E-state index is 4.65. The molecule has 4 heterocycles. The molecule has 0 atom stereocenters. The standard InChI is InChI=1S/C17H12N2/c1-2-4-14-13(3-1)15-8-7-12-6-5-11-9-10-18-16(14)17(11)19(12)15/h1-4,7-10H,5-6H2. The first-order valence-electron chi connectivity index (χ1n) is 6.72. The van der Waals surface area contributed by atoms with Crippen LogP contribution in [0.25, 0.3) is 27.3 Å². The average Bonchev–Trinajstić information content (AvgIpc) is 2.91. The molecule has 1 aliphatic heterocycles. The fourth-order valence-corrected chi connectivity index (χ4v) is 3.47. The molecule has 4 aromatic rings. The highest BCUT2D eigenvalue weighted by molar-refractivity contribution is 6.11. The monoisotopic (exact) mass is 244 g/mol. The molecular weight excluding hydrogens is 232 g/mol. The summed E-state index contributed by atoms with van der Waals surface area (Å²) in [5, 5.41) is 2.56. The topological polar surface area (TPSA) is 17.3 Å². The van der Waals surface area contributed by atoms with Crippen LogP contribution in [0.4, 0.5) is 0 Å². The summed E-state index contributed by atoms with van der Waals surface area (Å²) in [6.07, 6.45) is 4.19. The Morgan fingerprint density at radius 3 is 2.74 bits per heavy atom. The lowest BCUT2D eigenvalue weighted by molar-refractivity contribution is 0.874. The quantitative estimate of drug-likeness (QED) is 0.431. The van der Waals surface area contributed by atoms with Crippen molar-refractivity contribution in [3.63, 3.8) is 0 Å². The Balaban J connectivity index is 2.27. The van der Waals surface area contributed by atoms with Crippen molar-refractivity contribution in [2.24, 2.45) is 0 Å². The first-order chi connectivity index (χ1) is 9.43. The summed E-state index contributed by atoms with van der Waals surface area (Å²) in [6, 6.07) is 15.3. The fourth-order valence-electron chi connectivity index (χ4n) is 3.47. The van der Waals surface area contributed by atoms with Crippen molar-refractivity contribution < 1.29 is 0 Å². The Labute approximate surface area is 110 Å². The van der Waals surface area contributed by atoms with Crippen LogP contribution in [0.15, 0.2) is 48.7 Å². The fraction of sp³-hybridized carbons (Fsp3) is 0.118. The number of aryl methyl sites for hydroxylation is 2. The molecule has 0 saturated carbocycles. The Morgan fingerprint density at radius 1 is 0.895 bits per heavy atom. The van der Waals surface area contributed by atoms with E-state index in [1.807, 2.05) is 6.20 Å². The van der Waals surface area contributed by atoms with E-state index in [9.17, 15) is 0 Å². The summed E-state index contributed by atoms with van der Waals surface area (Å²) >= 11 is 0. The van der Waals surface area contributed by atoms with Crippen molar-refractivity contribution in [3.8, 4) is 0 Å². The number of nitrogens with zero attached hydrogens (tertiary/aromatic N) is 2. The molecule has 0 fully saturated rings. The molecule has 0 radical (unpaired) electrons. The van der Waals surface area contributed by atoms with Crippen LogP contribution < -0.4 is 0 Å². The van der Waals surface area contributed by atoms with Crippen LogP contribution in [0.2, 0.25) is 0 Å². The molecule has 0 aliphatic carbocycles. The van der Waals surface area contributed by atoms with Crippen LogP contribution in [0.1, 0.15) is 11.3 Å². The van der Waals surface area contributed by atoms with Gasteiger partial charge in [-0.05, 0) is 36.6 Å². The van der Waals surface area contributed by atoms with Gasteiger partial charge in [0.15, 0.2) is 0 Å². The number of aromatic nitrogens is 2. The van der Waals surface area contributed by atoms with Crippen LogP contribution in [0.3, 0.4) is 0 Å². The molecule has 0 bridgehead atoms. The van der Waals surface area contributed by atoms with E-state index < -0.39 is 0 Å². The second-order valence-corrected chi connectivity index (χ2v) is 5.26. The summed E-state index contributed by atoms with van der Waals surface area (Å²) in [5.74, 6) is 0. The van der Waals surface area contributed by atoms with Gasteiger partial charge in [0.2, 0.25) is 0 Å². The molecular formula is C17H12N2. The molecule has 90 valence electrons. The second kappa shape index (κ2) is 3.15. The number of rotatable bonds is 0. The van der Waals surface area contributed by atoms with E-state index in [-0.39, 0.29) is 0 Å². The lowest BCUT2D eigenvalue weighted by Crippen LogP contribution is -2.07. The molecule has 0 saturated heterocycles. The molecule has 1 aromatic carbocycles. The van der Waals surface area contributed by atoms with Gasteiger partial charge in [0.05, 0.1) is 16.6 Å². The number of hydrogen-bond acceptors (Lipinski definition) is 1. The minimum atomic E-state index is 1.12. The van der Waals surface area contributed by atoms with Gasteiger partial charge in [0.25, 0.3) is 0 Å². The minimum absolute atomic E-state index is 1.12. The number of pyridine rings is 2. The zero-order chi connectivity index (χ0) is 12.4. The summed E-state index contributed by atoms with van der Waals surface area (Å²) < 4.78 is 2.41. The Bertz CT molecular complexity index is 963. The van der Waals surface area contributed by atoms with E-state index in [0.29, 0.717) is 0 Å². The Kier molecular flexibility index (Phi) is 1.59. The second-order valence-electron chi connectivity index (χ2n) is 5.26. The molecule has 0 spiro atoms. The normalized spacial score (nSPS) is 13.9. The van der Waals surface area contributed by atoms with Crippen molar-refractivity contribution in [1.82, 2.24) is 9.38 Å². The molecule has 0 N–H and O–H groups in total. The molecule has 1 aliphatic rings. The van der Waals surface area contributed by atoms with Gasteiger partial charge in [-0.25, -0.2) is 0 Å². The summed E-state index contributed by atoms with van der Waals surface area (Å²) in [4.78, 5) is 4.65. The van der Waals surface area contributed by atoms with Gasteiger partial charge in [-0.3, -0.25) is 4.98 Å². The van der Waals surface area contributed by atoms with Crippen molar-refractivity contribution >= 4 is 27.3 Å². The summed E-state index contributed by atoms with van der Waals surface area (Å²) in [6.45, 7) is 0. The van der Waals surface area contributed by atoms with Gasteiger partial charge in [0.1, 0.15) is 0 Å². The van der Waals surface area contributed by atoms with Crippen LogP contribution in [0.5, 0.6) is 0 Å². The van der Waals surface area contributed by atoms with Crippen molar-refractivity contribution in [2.45, 2.75) is 12.8 Å². The molecule has 2 nitrogen and oxygen atoms in total. The molecule has 5 rings (SSSR count). The maximum Gasteiger partial charge on any atom is 0.0951 e. The summed E-state index contributed by atoms with van der Waals surface area (Å²) in [7, 11) is 0. The molecule has 0 unspecified atom stereocenters. The molecule has 2 heteroatoms. The zero-order valence-electron chi connectivity index (χ0n) is 10.4. The highest BCUT2D eigenvalue weighted by Crippen LogP contribution is 2.34. The SMILES string of the molecule is c1ccc2c(c1)c1nccc3c1n1c(ccc21)CC3. The molecule has 19 heavy (non-hydrogen) atoms. The van der Waals surface area contributed by atoms with E-state index in [4.69, 9.17) is 0 Å². The van der Waals surface area contributed by atoms with E-state index in [2.05, 4.69) is 51.8 Å². The largest absolute Gasteiger partial charge is 0.311 e. The van der Waals surface area contributed by atoms with E-state index in [1.54, 1.807) is 0 Å². The van der Waals surface area contributed by atoms with Gasteiger partial charge in [-0.1, -0.05) is 24.3 Å². The van der Waals surface area contributed by atoms with Gasteiger partial charge in [-0.15, -0.1) is 0 Å². The van der Waals surface area contributed by atoms with Crippen LogP contribution in [-0.4, -0.2) is 9.38 Å². The number of benzene rings is 1. The van der Waals surface area contributed by atoms with Crippen molar-refractivity contribution in [3.05, 3.63) is 59.9 Å². The van der Waals surface area contributed by atoms with E-state index >= 15 is 0 Å². The Morgan fingerprint density at radius 2 is 1.79 bits per heavy atom. The van der Waals surface area contributed by atoms with E-state index in [1.165, 1.54) is 33.1 Å². The first-order valence-corrected chi connectivity index (χ1v) is 6.72. The smallest absolute Gasteiger partial charge is 0.0951 e. The van der Waals surface area contributed by atoms with Gasteiger partial charge in [0, 0.05) is 22.7 Å². The minimum Gasteiger partial charge on any atom is -0.311 e. The van der Waals surface area contributed by atoms with E-state index in [0.717, 1.165) is 18.4 Å². The predicted octanol–water partition coefficient (Wildman–Crippen LogP) is 3.74. The highest BCUT2D eigenvalue weighted by atomic mass is 14.9. The van der Waals surface area contributed by atoms with Crippen LogP contribution in [0, 0.1) is 0 Å². The van der Waals surface area contributed by atoms with Gasteiger partial charge < -0.3 is 4.40 Å². The number of fused-ring (bicyclic) bond motifs is 3. The summed E-state index contributed by atoms with van der Waals surface area (Å²) in [5.41, 5.74) is 6.59. The van der Waals surface area contributed by atoms with Crippen LogP contribution in [-0.2, 0) is 12.8 Å². The molecule has 0 amide bonds. The maximum atomic E-state index is 4.65. The highest BCUT2D eigenvalue weighted by Gasteiger charge is 2.18. The number of hydrogen-bond donors (Lipinski definition) is 0. The zero-order valence-corrected chi connectivity index (χ0v) is 10.4. The average molecular weight is 244 g/mol. The molecule has 3 aromatic heterocycles. The lowest BCUT2D eigenvalue weighted by atomic mass is 10.0. The van der Waals surface area contributed by atoms with Crippen LogP contribution >= 0.6 is 0 Å². The lowest BCUT2D eigenvalue weighted by Gasteiger charge is -2.18. The Hall–Kier alpha value is -2.35. The van der Waals surface area contributed by atoms with Gasteiger partial charge in [-0.2, -0.15) is 0 Å². The first kappa shape index (κ1) is 9.56. The third-order valence-electron chi connectivity index (χ3n) is 4.30.